The van der Waals surface area contributed by atoms with E-state index in [4.69, 9.17) is 11.6 Å². The van der Waals surface area contributed by atoms with Crippen molar-refractivity contribution in [1.82, 2.24) is 20.4 Å². The molecule has 3 aromatic rings. The molecule has 0 spiro atoms. The van der Waals surface area contributed by atoms with Crippen LogP contribution in [0.25, 0.3) is 5.69 Å². The first-order chi connectivity index (χ1) is 13.0. The van der Waals surface area contributed by atoms with Crippen molar-refractivity contribution in [3.63, 3.8) is 0 Å². The Balaban J connectivity index is 1.75. The molecule has 0 unspecified atom stereocenters. The zero-order valence-corrected chi connectivity index (χ0v) is 15.5. The second-order valence-corrected chi connectivity index (χ2v) is 6.47. The highest BCUT2D eigenvalue weighted by Crippen LogP contribution is 2.15. The number of rotatable bonds is 6. The molecular weight excluding hydrogens is 364 g/mol. The van der Waals surface area contributed by atoms with Crippen LogP contribution in [0, 0.1) is 0 Å². The Labute approximate surface area is 162 Å². The zero-order chi connectivity index (χ0) is 19.2. The molecule has 1 heterocycles. The van der Waals surface area contributed by atoms with E-state index in [9.17, 15) is 9.59 Å². The van der Waals surface area contributed by atoms with E-state index in [1.165, 1.54) is 6.92 Å². The third kappa shape index (κ3) is 4.95. The number of para-hydroxylation sites is 1. The number of amides is 2. The second kappa shape index (κ2) is 8.51. The fourth-order valence-corrected chi connectivity index (χ4v) is 2.81. The van der Waals surface area contributed by atoms with E-state index in [0.29, 0.717) is 29.4 Å². The smallest absolute Gasteiger partial charge is 0.253 e. The molecular formula is C20H19ClN4O2. The van der Waals surface area contributed by atoms with Gasteiger partial charge in [0.25, 0.3) is 5.91 Å². The van der Waals surface area contributed by atoms with Gasteiger partial charge in [0.15, 0.2) is 0 Å². The number of carbonyl (C=O) groups excluding carboxylic acids is 2. The van der Waals surface area contributed by atoms with Crippen molar-refractivity contribution in [2.45, 2.75) is 20.0 Å². The molecule has 0 aliphatic carbocycles. The molecule has 0 radical (unpaired) electrons. The summed E-state index contributed by atoms with van der Waals surface area (Å²) in [5, 5.41) is 10.6. The maximum absolute atomic E-state index is 12.7. The number of nitrogens with zero attached hydrogens (tertiary/aromatic N) is 2. The van der Waals surface area contributed by atoms with Gasteiger partial charge in [0.1, 0.15) is 0 Å². The third-order valence-corrected chi connectivity index (χ3v) is 4.15. The van der Waals surface area contributed by atoms with Crippen molar-refractivity contribution in [3.8, 4) is 5.69 Å². The van der Waals surface area contributed by atoms with Crippen molar-refractivity contribution in [2.24, 2.45) is 0 Å². The lowest BCUT2D eigenvalue weighted by atomic mass is 10.1. The van der Waals surface area contributed by atoms with Gasteiger partial charge in [-0.1, -0.05) is 35.9 Å². The van der Waals surface area contributed by atoms with Crippen LogP contribution in [0.4, 0.5) is 0 Å². The highest BCUT2D eigenvalue weighted by molar-refractivity contribution is 6.30. The monoisotopic (exact) mass is 382 g/mol. The summed E-state index contributed by atoms with van der Waals surface area (Å²) in [5.41, 5.74) is 2.94. The second-order valence-electron chi connectivity index (χ2n) is 6.03. The molecule has 1 aromatic heterocycles. The lowest BCUT2D eigenvalue weighted by Gasteiger charge is -2.10. The zero-order valence-electron chi connectivity index (χ0n) is 14.8. The summed E-state index contributed by atoms with van der Waals surface area (Å²) in [7, 11) is 0. The molecule has 0 bridgehead atoms. The van der Waals surface area contributed by atoms with Gasteiger partial charge in [-0.3, -0.25) is 9.59 Å². The predicted molar refractivity (Wildman–Crippen MR) is 104 cm³/mol. The predicted octanol–water partition coefficient (Wildman–Crippen LogP) is 3.09. The van der Waals surface area contributed by atoms with Crippen molar-refractivity contribution < 1.29 is 9.59 Å². The highest BCUT2D eigenvalue weighted by Gasteiger charge is 2.13. The Hall–Kier alpha value is -3.12. The van der Waals surface area contributed by atoms with Crippen LogP contribution < -0.4 is 10.6 Å². The Kier molecular flexibility index (Phi) is 5.88. The number of aromatic nitrogens is 2. The number of benzene rings is 2. The molecule has 138 valence electrons. The Bertz CT molecular complexity index is 968. The van der Waals surface area contributed by atoms with Crippen LogP contribution in [0.15, 0.2) is 60.9 Å². The van der Waals surface area contributed by atoms with E-state index < -0.39 is 0 Å². The number of carbonyl (C=O) groups is 2. The molecule has 7 heteroatoms. The molecule has 3 rings (SSSR count). The average molecular weight is 383 g/mol. The first kappa shape index (κ1) is 18.7. The van der Waals surface area contributed by atoms with Gasteiger partial charge in [0.2, 0.25) is 5.91 Å². The lowest BCUT2D eigenvalue weighted by Crippen LogP contribution is -2.24. The van der Waals surface area contributed by atoms with Gasteiger partial charge in [-0.05, 0) is 29.8 Å². The van der Waals surface area contributed by atoms with Gasteiger partial charge in [-0.25, -0.2) is 4.68 Å². The summed E-state index contributed by atoms with van der Waals surface area (Å²) < 4.78 is 1.63. The highest BCUT2D eigenvalue weighted by atomic mass is 35.5. The quantitative estimate of drug-likeness (QED) is 0.687. The van der Waals surface area contributed by atoms with E-state index in [1.54, 1.807) is 35.3 Å². The number of nitrogens with one attached hydrogen (secondary N) is 2. The molecule has 0 aliphatic rings. The standard InChI is InChI=1S/C20H19ClN4O2/c1-14(26)22-11-16-12-24-25(13-16)19-8-3-2-7-18(19)20(27)23-10-15-5-4-6-17(21)9-15/h2-9,12-13H,10-11H2,1H3,(H,22,26)(H,23,27). The topological polar surface area (TPSA) is 76.0 Å². The fraction of sp³-hybridized carbons (Fsp3) is 0.150. The summed E-state index contributed by atoms with van der Waals surface area (Å²) in [5.74, 6) is -0.312. The first-order valence-electron chi connectivity index (χ1n) is 8.43. The number of hydrogen-bond acceptors (Lipinski definition) is 3. The summed E-state index contributed by atoms with van der Waals surface area (Å²) in [6.45, 7) is 2.23. The van der Waals surface area contributed by atoms with Crippen LogP contribution in [-0.4, -0.2) is 21.6 Å². The summed E-state index contributed by atoms with van der Waals surface area (Å²) in [6.07, 6.45) is 3.45. The van der Waals surface area contributed by atoms with E-state index in [-0.39, 0.29) is 11.8 Å². The van der Waals surface area contributed by atoms with Crippen LogP contribution in [0.3, 0.4) is 0 Å². The number of halogens is 1. The van der Waals surface area contributed by atoms with Gasteiger partial charge in [-0.2, -0.15) is 5.10 Å². The molecule has 0 fully saturated rings. The molecule has 6 nitrogen and oxygen atoms in total. The Morgan fingerprint density at radius 1 is 1.04 bits per heavy atom. The maximum atomic E-state index is 12.7. The van der Waals surface area contributed by atoms with E-state index in [1.807, 2.05) is 30.3 Å². The van der Waals surface area contributed by atoms with E-state index in [0.717, 1.165) is 11.1 Å². The molecule has 0 atom stereocenters. The van der Waals surface area contributed by atoms with Crippen LogP contribution in [0.2, 0.25) is 5.02 Å². The normalized spacial score (nSPS) is 10.4. The molecule has 0 saturated heterocycles. The Morgan fingerprint density at radius 3 is 2.59 bits per heavy atom. The van der Waals surface area contributed by atoms with Crippen LogP contribution >= 0.6 is 11.6 Å². The number of hydrogen-bond donors (Lipinski definition) is 2. The van der Waals surface area contributed by atoms with Crippen molar-refractivity contribution >= 4 is 23.4 Å². The minimum Gasteiger partial charge on any atom is -0.352 e. The van der Waals surface area contributed by atoms with Gasteiger partial charge >= 0.3 is 0 Å². The summed E-state index contributed by atoms with van der Waals surface area (Å²) >= 11 is 5.98. The van der Waals surface area contributed by atoms with Crippen molar-refractivity contribution in [1.29, 1.82) is 0 Å². The van der Waals surface area contributed by atoms with Crippen LogP contribution in [-0.2, 0) is 17.9 Å². The molecule has 0 aliphatic heterocycles. The van der Waals surface area contributed by atoms with Crippen molar-refractivity contribution in [2.75, 3.05) is 0 Å². The fourth-order valence-electron chi connectivity index (χ4n) is 2.60. The van der Waals surface area contributed by atoms with Crippen LogP contribution in [0.5, 0.6) is 0 Å². The lowest BCUT2D eigenvalue weighted by molar-refractivity contribution is -0.119. The molecule has 0 saturated carbocycles. The minimum atomic E-state index is -0.204. The molecule has 2 amide bonds. The maximum Gasteiger partial charge on any atom is 0.253 e. The van der Waals surface area contributed by atoms with Gasteiger partial charge < -0.3 is 10.6 Å². The van der Waals surface area contributed by atoms with Crippen molar-refractivity contribution in [3.05, 3.63) is 82.6 Å². The van der Waals surface area contributed by atoms with Crippen LogP contribution in [0.1, 0.15) is 28.4 Å². The van der Waals surface area contributed by atoms with Gasteiger partial charge in [0, 0.05) is 36.8 Å². The summed E-state index contributed by atoms with van der Waals surface area (Å²) in [6, 6.07) is 14.6. The van der Waals surface area contributed by atoms with Gasteiger partial charge in [0.05, 0.1) is 17.4 Å². The van der Waals surface area contributed by atoms with Gasteiger partial charge in [-0.15, -0.1) is 0 Å². The average Bonchev–Trinajstić information content (AvgIpc) is 3.13. The summed E-state index contributed by atoms with van der Waals surface area (Å²) in [4.78, 5) is 23.7. The molecule has 2 N–H and O–H groups in total. The molecule has 27 heavy (non-hydrogen) atoms. The minimum absolute atomic E-state index is 0.108. The van der Waals surface area contributed by atoms with E-state index in [2.05, 4.69) is 15.7 Å². The SMILES string of the molecule is CC(=O)NCc1cnn(-c2ccccc2C(=O)NCc2cccc(Cl)c2)c1. The first-order valence-corrected chi connectivity index (χ1v) is 8.81. The van der Waals surface area contributed by atoms with E-state index >= 15 is 0 Å². The largest absolute Gasteiger partial charge is 0.352 e. The third-order valence-electron chi connectivity index (χ3n) is 3.92. The Morgan fingerprint density at radius 2 is 1.81 bits per heavy atom. The molecule has 2 aromatic carbocycles.